The molecule has 1 aromatic heterocycles. The summed E-state index contributed by atoms with van der Waals surface area (Å²) in [7, 11) is -3.64. The summed E-state index contributed by atoms with van der Waals surface area (Å²) in [6.45, 7) is 4.81. The summed E-state index contributed by atoms with van der Waals surface area (Å²) in [5, 5.41) is 0.846. The molecule has 0 saturated carbocycles. The Morgan fingerprint density at radius 2 is 1.89 bits per heavy atom. The van der Waals surface area contributed by atoms with Crippen LogP contribution in [0.5, 0.6) is 5.75 Å². The lowest BCUT2D eigenvalue weighted by Gasteiger charge is -2.19. The van der Waals surface area contributed by atoms with Gasteiger partial charge < -0.3 is 4.18 Å². The lowest BCUT2D eigenvalue weighted by molar-refractivity contribution is 0.454. The first kappa shape index (κ1) is 12.8. The number of fused-ring (bicyclic) bond motifs is 1. The van der Waals surface area contributed by atoms with E-state index in [4.69, 9.17) is 4.18 Å². The lowest BCUT2D eigenvalue weighted by Crippen LogP contribution is -2.32. The van der Waals surface area contributed by atoms with Crippen LogP contribution in [0.15, 0.2) is 36.5 Å². The Labute approximate surface area is 107 Å². The van der Waals surface area contributed by atoms with Gasteiger partial charge in [-0.15, -0.1) is 0 Å². The summed E-state index contributed by atoms with van der Waals surface area (Å²) >= 11 is 0. The van der Waals surface area contributed by atoms with Gasteiger partial charge >= 0.3 is 10.1 Å². The molecule has 0 unspecified atom stereocenters. The average Bonchev–Trinajstić information content (AvgIpc) is 2.27. The Bertz CT molecular complexity index is 672. The second-order valence-electron chi connectivity index (χ2n) is 5.01. The first-order chi connectivity index (χ1) is 8.29. The van der Waals surface area contributed by atoms with Gasteiger partial charge in [-0.05, 0) is 45.0 Å². The summed E-state index contributed by atoms with van der Waals surface area (Å²) in [5.74, 6) is 0.311. The third kappa shape index (κ3) is 2.46. The van der Waals surface area contributed by atoms with Gasteiger partial charge in [0.25, 0.3) is 0 Å². The molecule has 1 heterocycles. The van der Waals surface area contributed by atoms with E-state index in [9.17, 15) is 8.42 Å². The van der Waals surface area contributed by atoms with Gasteiger partial charge in [-0.2, -0.15) is 8.42 Å². The number of benzene rings is 1. The van der Waals surface area contributed by atoms with Crippen molar-refractivity contribution in [2.45, 2.75) is 25.5 Å². The molecule has 4 nitrogen and oxygen atoms in total. The molecule has 18 heavy (non-hydrogen) atoms. The number of hydrogen-bond donors (Lipinski definition) is 0. The van der Waals surface area contributed by atoms with Crippen molar-refractivity contribution in [3.63, 3.8) is 0 Å². The summed E-state index contributed by atoms with van der Waals surface area (Å²) < 4.78 is 28.0. The lowest BCUT2D eigenvalue weighted by atomic mass is 10.2. The highest BCUT2D eigenvalue weighted by Gasteiger charge is 2.31. The van der Waals surface area contributed by atoms with E-state index in [1.165, 1.54) is 0 Å². The highest BCUT2D eigenvalue weighted by atomic mass is 32.2. The predicted molar refractivity (Wildman–Crippen MR) is 71.0 cm³/mol. The molecule has 0 amide bonds. The average molecular weight is 265 g/mol. The second-order valence-corrected chi connectivity index (χ2v) is 7.31. The van der Waals surface area contributed by atoms with Crippen molar-refractivity contribution in [2.75, 3.05) is 0 Å². The van der Waals surface area contributed by atoms with Gasteiger partial charge in [0.2, 0.25) is 0 Å². The first-order valence-electron chi connectivity index (χ1n) is 5.58. The Kier molecular flexibility index (Phi) is 3.02. The summed E-state index contributed by atoms with van der Waals surface area (Å²) in [5.41, 5.74) is 0.804. The molecule has 2 aromatic rings. The largest absolute Gasteiger partial charge is 0.382 e. The minimum atomic E-state index is -3.64. The van der Waals surface area contributed by atoms with Gasteiger partial charge in [-0.25, -0.2) is 0 Å². The molecule has 0 aliphatic carbocycles. The third-order valence-corrected chi connectivity index (χ3v) is 4.44. The van der Waals surface area contributed by atoms with Crippen LogP contribution >= 0.6 is 0 Å². The first-order valence-corrected chi connectivity index (χ1v) is 6.99. The van der Waals surface area contributed by atoms with Crippen LogP contribution in [0.2, 0.25) is 0 Å². The Morgan fingerprint density at radius 3 is 2.56 bits per heavy atom. The maximum Gasteiger partial charge on any atom is 0.314 e. The van der Waals surface area contributed by atoms with Gasteiger partial charge in [0.05, 0.1) is 10.3 Å². The molecule has 0 spiro atoms. The molecule has 0 aliphatic heterocycles. The molecule has 1 aromatic carbocycles. The van der Waals surface area contributed by atoms with Crippen molar-refractivity contribution in [3.8, 4) is 5.75 Å². The van der Waals surface area contributed by atoms with E-state index >= 15 is 0 Å². The van der Waals surface area contributed by atoms with E-state index < -0.39 is 14.9 Å². The normalized spacial score (nSPS) is 12.6. The molecule has 0 saturated heterocycles. The molecule has 0 atom stereocenters. The van der Waals surface area contributed by atoms with Crippen LogP contribution in [0.4, 0.5) is 0 Å². The van der Waals surface area contributed by atoms with Crippen molar-refractivity contribution < 1.29 is 12.6 Å². The van der Waals surface area contributed by atoms with Crippen LogP contribution in [0.1, 0.15) is 20.8 Å². The molecule has 0 radical (unpaired) electrons. The quantitative estimate of drug-likeness (QED) is 0.783. The minimum absolute atomic E-state index is 0.311. The maximum atomic E-state index is 11.9. The molecule has 5 heteroatoms. The zero-order valence-electron chi connectivity index (χ0n) is 10.5. The molecular weight excluding hydrogens is 250 g/mol. The van der Waals surface area contributed by atoms with E-state index in [0.717, 1.165) is 10.9 Å². The summed E-state index contributed by atoms with van der Waals surface area (Å²) in [4.78, 5) is 4.16. The number of hydrogen-bond acceptors (Lipinski definition) is 4. The van der Waals surface area contributed by atoms with Gasteiger partial charge in [0, 0.05) is 11.6 Å². The SMILES string of the molecule is CC(C)(C)S(=O)(=O)Oc1ccc2ncccc2c1. The van der Waals surface area contributed by atoms with Crippen molar-refractivity contribution in [3.05, 3.63) is 36.5 Å². The molecule has 0 N–H and O–H groups in total. The smallest absolute Gasteiger partial charge is 0.314 e. The Balaban J connectivity index is 2.39. The fourth-order valence-corrected chi connectivity index (χ4v) is 1.96. The zero-order valence-corrected chi connectivity index (χ0v) is 11.4. The summed E-state index contributed by atoms with van der Waals surface area (Å²) in [6.07, 6.45) is 1.69. The number of pyridine rings is 1. The van der Waals surface area contributed by atoms with Crippen LogP contribution in [0, 0.1) is 0 Å². The fraction of sp³-hybridized carbons (Fsp3) is 0.308. The molecule has 0 bridgehead atoms. The molecule has 0 fully saturated rings. The van der Waals surface area contributed by atoms with Crippen molar-refractivity contribution in [1.82, 2.24) is 4.98 Å². The van der Waals surface area contributed by atoms with Crippen molar-refractivity contribution >= 4 is 21.0 Å². The standard InChI is InChI=1S/C13H15NO3S/c1-13(2,3)18(15,16)17-11-6-7-12-10(9-11)5-4-8-14-12/h4-9H,1-3H3. The van der Waals surface area contributed by atoms with E-state index in [-0.39, 0.29) is 0 Å². The highest BCUT2D eigenvalue weighted by molar-refractivity contribution is 7.88. The van der Waals surface area contributed by atoms with Gasteiger partial charge in [0.1, 0.15) is 5.75 Å². The minimum Gasteiger partial charge on any atom is -0.382 e. The topological polar surface area (TPSA) is 56.3 Å². The third-order valence-electron chi connectivity index (χ3n) is 2.53. The molecule has 0 aliphatic rings. The number of nitrogens with zero attached hydrogens (tertiary/aromatic N) is 1. The van der Waals surface area contributed by atoms with Crippen molar-refractivity contribution in [1.29, 1.82) is 0 Å². The van der Waals surface area contributed by atoms with E-state index in [1.54, 1.807) is 51.2 Å². The molecule has 96 valence electrons. The predicted octanol–water partition coefficient (Wildman–Crippen LogP) is 2.74. The van der Waals surface area contributed by atoms with Crippen LogP contribution in [0.25, 0.3) is 10.9 Å². The molecule has 2 rings (SSSR count). The van der Waals surface area contributed by atoms with Crippen LogP contribution in [-0.4, -0.2) is 18.1 Å². The van der Waals surface area contributed by atoms with Gasteiger partial charge in [-0.1, -0.05) is 6.07 Å². The van der Waals surface area contributed by atoms with Crippen LogP contribution in [0.3, 0.4) is 0 Å². The Hall–Kier alpha value is -1.62. The Morgan fingerprint density at radius 1 is 1.17 bits per heavy atom. The van der Waals surface area contributed by atoms with Crippen LogP contribution in [-0.2, 0) is 10.1 Å². The fourth-order valence-electron chi connectivity index (χ4n) is 1.36. The van der Waals surface area contributed by atoms with Gasteiger partial charge in [0.15, 0.2) is 0 Å². The van der Waals surface area contributed by atoms with E-state index in [2.05, 4.69) is 4.98 Å². The van der Waals surface area contributed by atoms with E-state index in [0.29, 0.717) is 5.75 Å². The van der Waals surface area contributed by atoms with Crippen LogP contribution < -0.4 is 4.18 Å². The monoisotopic (exact) mass is 265 g/mol. The molecular formula is C13H15NO3S. The number of rotatable bonds is 2. The summed E-state index contributed by atoms with van der Waals surface area (Å²) in [6, 6.07) is 8.68. The number of aromatic nitrogens is 1. The van der Waals surface area contributed by atoms with E-state index in [1.807, 2.05) is 6.07 Å². The highest BCUT2D eigenvalue weighted by Crippen LogP contribution is 2.24. The zero-order chi connectivity index (χ0) is 13.4. The maximum absolute atomic E-state index is 11.9. The van der Waals surface area contributed by atoms with Crippen molar-refractivity contribution in [2.24, 2.45) is 0 Å². The second kappa shape index (κ2) is 4.24. The van der Waals surface area contributed by atoms with Gasteiger partial charge in [-0.3, -0.25) is 4.98 Å².